The first-order chi connectivity index (χ1) is 9.86. The number of nitrogens with one attached hydrogen (secondary N) is 1. The molecule has 1 N–H and O–H groups in total. The van der Waals surface area contributed by atoms with E-state index in [1.54, 1.807) is 12.4 Å². The van der Waals surface area contributed by atoms with Crippen molar-refractivity contribution in [1.82, 2.24) is 15.3 Å². The summed E-state index contributed by atoms with van der Waals surface area (Å²) in [6.07, 6.45) is 6.06. The highest BCUT2D eigenvalue weighted by Gasteiger charge is 2.28. The Hall–Kier alpha value is -1.40. The number of ether oxygens (including phenoxy) is 2. The third kappa shape index (κ3) is 3.37. The Bertz CT molecular complexity index is 439. The van der Waals surface area contributed by atoms with Crippen LogP contribution in [0.25, 0.3) is 0 Å². The maximum Gasteiger partial charge on any atom is 0.234 e. The zero-order chi connectivity index (χ0) is 13.8. The van der Waals surface area contributed by atoms with E-state index >= 15 is 0 Å². The predicted octanol–water partition coefficient (Wildman–Crippen LogP) is 0.832. The van der Waals surface area contributed by atoms with Crippen LogP contribution in [0.5, 0.6) is 5.88 Å². The normalized spacial score (nSPS) is 22.9. The Morgan fingerprint density at radius 2 is 2.35 bits per heavy atom. The summed E-state index contributed by atoms with van der Waals surface area (Å²) in [4.78, 5) is 11.0. The van der Waals surface area contributed by atoms with Crippen molar-refractivity contribution in [1.29, 1.82) is 0 Å². The molecule has 1 aliphatic heterocycles. The Labute approximate surface area is 119 Å². The van der Waals surface area contributed by atoms with Gasteiger partial charge in [-0.1, -0.05) is 0 Å². The van der Waals surface area contributed by atoms with E-state index in [0.717, 1.165) is 32.1 Å². The van der Waals surface area contributed by atoms with Crippen LogP contribution in [0, 0.1) is 0 Å². The van der Waals surface area contributed by atoms with E-state index < -0.39 is 0 Å². The summed E-state index contributed by atoms with van der Waals surface area (Å²) in [5, 5.41) is 3.56. The van der Waals surface area contributed by atoms with Crippen LogP contribution in [-0.4, -0.2) is 55.0 Å². The van der Waals surface area contributed by atoms with Gasteiger partial charge in [-0.3, -0.25) is 4.98 Å². The van der Waals surface area contributed by atoms with Gasteiger partial charge in [0.15, 0.2) is 5.82 Å². The number of anilines is 1. The van der Waals surface area contributed by atoms with Crippen LogP contribution in [0.15, 0.2) is 12.4 Å². The van der Waals surface area contributed by atoms with Crippen LogP contribution < -0.4 is 15.0 Å². The lowest BCUT2D eigenvalue weighted by Gasteiger charge is -2.36. The molecule has 2 heterocycles. The van der Waals surface area contributed by atoms with Gasteiger partial charge in [-0.25, -0.2) is 0 Å². The first kappa shape index (κ1) is 13.6. The highest BCUT2D eigenvalue weighted by Crippen LogP contribution is 2.21. The SMILES string of the molecule is CCOc1cncc(N2CCOCC2CNC2CC2)n1. The van der Waals surface area contributed by atoms with Gasteiger partial charge in [-0.2, -0.15) is 4.98 Å². The van der Waals surface area contributed by atoms with Gasteiger partial charge < -0.3 is 19.7 Å². The molecule has 1 saturated carbocycles. The van der Waals surface area contributed by atoms with Crippen molar-refractivity contribution in [2.75, 3.05) is 37.8 Å². The van der Waals surface area contributed by atoms with Crippen LogP contribution in [0.1, 0.15) is 19.8 Å². The molecular weight excluding hydrogens is 256 g/mol. The van der Waals surface area contributed by atoms with E-state index in [4.69, 9.17) is 9.47 Å². The molecule has 1 aromatic rings. The first-order valence-corrected chi connectivity index (χ1v) is 7.39. The van der Waals surface area contributed by atoms with Gasteiger partial charge in [0.05, 0.1) is 38.3 Å². The molecular formula is C14H22N4O2. The molecule has 1 unspecified atom stereocenters. The molecule has 0 aromatic carbocycles. The summed E-state index contributed by atoms with van der Waals surface area (Å²) in [6, 6.07) is 1.02. The molecule has 0 radical (unpaired) electrons. The second-order valence-corrected chi connectivity index (χ2v) is 5.25. The zero-order valence-corrected chi connectivity index (χ0v) is 11.9. The first-order valence-electron chi connectivity index (χ1n) is 7.39. The molecule has 6 heteroatoms. The minimum absolute atomic E-state index is 0.315. The Balaban J connectivity index is 1.68. The molecule has 20 heavy (non-hydrogen) atoms. The molecule has 1 aliphatic carbocycles. The van der Waals surface area contributed by atoms with E-state index in [2.05, 4.69) is 20.2 Å². The molecule has 2 aliphatic rings. The van der Waals surface area contributed by atoms with Crippen molar-refractivity contribution < 1.29 is 9.47 Å². The largest absolute Gasteiger partial charge is 0.477 e. The van der Waals surface area contributed by atoms with Gasteiger partial charge in [0, 0.05) is 19.1 Å². The molecule has 1 atom stereocenters. The van der Waals surface area contributed by atoms with E-state index in [1.165, 1.54) is 12.8 Å². The molecule has 0 spiro atoms. The molecule has 0 bridgehead atoms. The summed E-state index contributed by atoms with van der Waals surface area (Å²) >= 11 is 0. The highest BCUT2D eigenvalue weighted by molar-refractivity contribution is 5.39. The van der Waals surface area contributed by atoms with Crippen molar-refractivity contribution in [2.24, 2.45) is 0 Å². The summed E-state index contributed by atoms with van der Waals surface area (Å²) < 4.78 is 11.0. The third-order valence-electron chi connectivity index (χ3n) is 3.63. The van der Waals surface area contributed by atoms with Crippen molar-refractivity contribution in [3.63, 3.8) is 0 Å². The predicted molar refractivity (Wildman–Crippen MR) is 76.2 cm³/mol. The van der Waals surface area contributed by atoms with Gasteiger partial charge in [0.1, 0.15) is 0 Å². The number of hydrogen-bond donors (Lipinski definition) is 1. The smallest absolute Gasteiger partial charge is 0.234 e. The molecule has 1 aromatic heterocycles. The fourth-order valence-electron chi connectivity index (χ4n) is 2.41. The van der Waals surface area contributed by atoms with Crippen molar-refractivity contribution >= 4 is 5.82 Å². The van der Waals surface area contributed by atoms with Gasteiger partial charge in [-0.15, -0.1) is 0 Å². The number of morpholine rings is 1. The Kier molecular flexibility index (Phi) is 4.32. The highest BCUT2D eigenvalue weighted by atomic mass is 16.5. The molecule has 6 nitrogen and oxygen atoms in total. The average Bonchev–Trinajstić information content (AvgIpc) is 3.30. The number of nitrogens with zero attached hydrogens (tertiary/aromatic N) is 3. The zero-order valence-electron chi connectivity index (χ0n) is 11.9. The number of aromatic nitrogens is 2. The topological polar surface area (TPSA) is 59.5 Å². The van der Waals surface area contributed by atoms with E-state index in [0.29, 0.717) is 24.6 Å². The molecule has 0 amide bonds. The maximum absolute atomic E-state index is 5.60. The lowest BCUT2D eigenvalue weighted by molar-refractivity contribution is 0.0931. The quantitative estimate of drug-likeness (QED) is 0.832. The minimum Gasteiger partial charge on any atom is -0.477 e. The van der Waals surface area contributed by atoms with Crippen LogP contribution in [0.2, 0.25) is 0 Å². The third-order valence-corrected chi connectivity index (χ3v) is 3.63. The summed E-state index contributed by atoms with van der Waals surface area (Å²) in [5.41, 5.74) is 0. The Morgan fingerprint density at radius 3 is 3.15 bits per heavy atom. The van der Waals surface area contributed by atoms with E-state index in [9.17, 15) is 0 Å². The molecule has 3 rings (SSSR count). The van der Waals surface area contributed by atoms with Crippen molar-refractivity contribution in [3.8, 4) is 5.88 Å². The summed E-state index contributed by atoms with van der Waals surface area (Å²) in [6.45, 7) is 5.81. The van der Waals surface area contributed by atoms with Gasteiger partial charge in [0.2, 0.25) is 5.88 Å². The van der Waals surface area contributed by atoms with Gasteiger partial charge in [-0.05, 0) is 19.8 Å². The maximum atomic E-state index is 5.60. The van der Waals surface area contributed by atoms with Crippen LogP contribution in [-0.2, 0) is 4.74 Å². The van der Waals surface area contributed by atoms with Crippen LogP contribution in [0.4, 0.5) is 5.82 Å². The molecule has 1 saturated heterocycles. The van der Waals surface area contributed by atoms with E-state index in [-0.39, 0.29) is 0 Å². The van der Waals surface area contributed by atoms with Gasteiger partial charge >= 0.3 is 0 Å². The van der Waals surface area contributed by atoms with Crippen LogP contribution in [0.3, 0.4) is 0 Å². The number of rotatable bonds is 6. The minimum atomic E-state index is 0.315. The summed E-state index contributed by atoms with van der Waals surface area (Å²) in [5.74, 6) is 1.47. The van der Waals surface area contributed by atoms with Crippen LogP contribution >= 0.6 is 0 Å². The Morgan fingerprint density at radius 1 is 1.45 bits per heavy atom. The van der Waals surface area contributed by atoms with Crippen molar-refractivity contribution in [2.45, 2.75) is 31.8 Å². The second-order valence-electron chi connectivity index (χ2n) is 5.25. The van der Waals surface area contributed by atoms with Crippen molar-refractivity contribution in [3.05, 3.63) is 12.4 Å². The lowest BCUT2D eigenvalue weighted by atomic mass is 10.2. The molecule has 110 valence electrons. The number of hydrogen-bond acceptors (Lipinski definition) is 6. The van der Waals surface area contributed by atoms with Gasteiger partial charge in [0.25, 0.3) is 0 Å². The second kappa shape index (κ2) is 6.37. The fourth-order valence-corrected chi connectivity index (χ4v) is 2.41. The summed E-state index contributed by atoms with van der Waals surface area (Å²) in [7, 11) is 0. The standard InChI is InChI=1S/C14H22N4O2/c1-2-20-14-9-15-8-13(17-14)18-5-6-19-10-12(18)7-16-11-3-4-11/h8-9,11-12,16H,2-7,10H2,1H3. The average molecular weight is 278 g/mol. The monoisotopic (exact) mass is 278 g/mol. The lowest BCUT2D eigenvalue weighted by Crippen LogP contribution is -2.51. The fraction of sp³-hybridized carbons (Fsp3) is 0.714. The molecule has 2 fully saturated rings. The van der Waals surface area contributed by atoms with E-state index in [1.807, 2.05) is 6.92 Å².